The SMILES string of the molecule is CNC(CCN1CCCCCC1)C(C)(C)C. The lowest BCUT2D eigenvalue weighted by Gasteiger charge is -2.32. The molecule has 0 spiro atoms. The number of hydrogen-bond donors (Lipinski definition) is 1. The minimum Gasteiger partial charge on any atom is -0.316 e. The molecule has 96 valence electrons. The molecule has 0 bridgehead atoms. The van der Waals surface area contributed by atoms with Gasteiger partial charge in [0.15, 0.2) is 0 Å². The van der Waals surface area contributed by atoms with E-state index in [1.807, 2.05) is 0 Å². The van der Waals surface area contributed by atoms with Crippen molar-refractivity contribution >= 4 is 0 Å². The smallest absolute Gasteiger partial charge is 0.0125 e. The van der Waals surface area contributed by atoms with Crippen LogP contribution in [0.5, 0.6) is 0 Å². The summed E-state index contributed by atoms with van der Waals surface area (Å²) < 4.78 is 0. The molecule has 1 atom stereocenters. The maximum Gasteiger partial charge on any atom is 0.0125 e. The van der Waals surface area contributed by atoms with Gasteiger partial charge in [0.2, 0.25) is 0 Å². The summed E-state index contributed by atoms with van der Waals surface area (Å²) in [6.45, 7) is 10.9. The van der Waals surface area contributed by atoms with Crippen molar-refractivity contribution in [1.82, 2.24) is 10.2 Å². The van der Waals surface area contributed by atoms with E-state index in [0.717, 1.165) is 0 Å². The van der Waals surface area contributed by atoms with Crippen LogP contribution >= 0.6 is 0 Å². The molecule has 0 aliphatic carbocycles. The normalized spacial score (nSPS) is 21.8. The van der Waals surface area contributed by atoms with Crippen LogP contribution in [0.1, 0.15) is 52.9 Å². The van der Waals surface area contributed by atoms with Gasteiger partial charge in [-0.05, 0) is 51.4 Å². The predicted octanol–water partition coefficient (Wildman–Crippen LogP) is 2.89. The molecule has 0 amide bonds. The van der Waals surface area contributed by atoms with E-state index in [1.54, 1.807) is 0 Å². The van der Waals surface area contributed by atoms with Crippen molar-refractivity contribution in [3.05, 3.63) is 0 Å². The summed E-state index contributed by atoms with van der Waals surface area (Å²) in [6, 6.07) is 0.635. The van der Waals surface area contributed by atoms with Crippen molar-refractivity contribution in [2.24, 2.45) is 5.41 Å². The zero-order chi connectivity index (χ0) is 12.0. The van der Waals surface area contributed by atoms with Gasteiger partial charge in [-0.2, -0.15) is 0 Å². The van der Waals surface area contributed by atoms with E-state index in [1.165, 1.54) is 51.7 Å². The van der Waals surface area contributed by atoms with E-state index in [-0.39, 0.29) is 0 Å². The first-order valence-electron chi connectivity index (χ1n) is 6.93. The first-order valence-corrected chi connectivity index (χ1v) is 6.93. The molecule has 1 heterocycles. The monoisotopic (exact) mass is 226 g/mol. The van der Waals surface area contributed by atoms with Gasteiger partial charge in [0.1, 0.15) is 0 Å². The number of rotatable bonds is 4. The fourth-order valence-corrected chi connectivity index (χ4v) is 2.68. The van der Waals surface area contributed by atoms with Crippen LogP contribution in [0, 0.1) is 5.41 Å². The van der Waals surface area contributed by atoms with Gasteiger partial charge in [0.05, 0.1) is 0 Å². The highest BCUT2D eigenvalue weighted by Gasteiger charge is 2.23. The van der Waals surface area contributed by atoms with Crippen LogP contribution in [-0.4, -0.2) is 37.6 Å². The van der Waals surface area contributed by atoms with Crippen molar-refractivity contribution < 1.29 is 0 Å². The Kier molecular flexibility index (Phi) is 5.77. The quantitative estimate of drug-likeness (QED) is 0.793. The minimum absolute atomic E-state index is 0.376. The number of nitrogens with zero attached hydrogens (tertiary/aromatic N) is 1. The molecule has 1 N–H and O–H groups in total. The second kappa shape index (κ2) is 6.61. The molecule has 1 aliphatic rings. The van der Waals surface area contributed by atoms with E-state index < -0.39 is 0 Å². The highest BCUT2D eigenvalue weighted by Crippen LogP contribution is 2.22. The Morgan fingerprint density at radius 1 is 1.06 bits per heavy atom. The molecule has 0 saturated carbocycles. The number of hydrogen-bond acceptors (Lipinski definition) is 2. The van der Waals surface area contributed by atoms with Gasteiger partial charge in [-0.1, -0.05) is 33.6 Å². The average Bonchev–Trinajstić information content (AvgIpc) is 2.45. The number of nitrogens with one attached hydrogen (secondary N) is 1. The lowest BCUT2D eigenvalue weighted by Crippen LogP contribution is -2.41. The van der Waals surface area contributed by atoms with Gasteiger partial charge >= 0.3 is 0 Å². The maximum absolute atomic E-state index is 3.47. The van der Waals surface area contributed by atoms with E-state index in [9.17, 15) is 0 Å². The molecule has 1 rings (SSSR count). The first kappa shape index (κ1) is 14.0. The van der Waals surface area contributed by atoms with Crippen LogP contribution in [-0.2, 0) is 0 Å². The summed E-state index contributed by atoms with van der Waals surface area (Å²) in [5, 5.41) is 3.47. The second-order valence-corrected chi connectivity index (χ2v) is 6.25. The van der Waals surface area contributed by atoms with Gasteiger partial charge in [-0.3, -0.25) is 0 Å². The van der Waals surface area contributed by atoms with E-state index in [0.29, 0.717) is 11.5 Å². The molecule has 2 nitrogen and oxygen atoms in total. The third-order valence-electron chi connectivity index (χ3n) is 3.83. The summed E-state index contributed by atoms with van der Waals surface area (Å²) in [7, 11) is 2.10. The highest BCUT2D eigenvalue weighted by atomic mass is 15.1. The molecular weight excluding hydrogens is 196 g/mol. The Balaban J connectivity index is 2.30. The third kappa shape index (κ3) is 4.84. The molecule has 0 radical (unpaired) electrons. The van der Waals surface area contributed by atoms with Gasteiger partial charge < -0.3 is 10.2 Å². The fraction of sp³-hybridized carbons (Fsp3) is 1.00. The van der Waals surface area contributed by atoms with Crippen molar-refractivity contribution in [3.8, 4) is 0 Å². The molecule has 0 aromatic heterocycles. The summed E-state index contributed by atoms with van der Waals surface area (Å²) >= 11 is 0. The molecule has 2 heteroatoms. The lowest BCUT2D eigenvalue weighted by atomic mass is 9.85. The topological polar surface area (TPSA) is 15.3 Å². The van der Waals surface area contributed by atoms with E-state index in [2.05, 4.69) is 38.0 Å². The summed E-state index contributed by atoms with van der Waals surface area (Å²) in [5.41, 5.74) is 0.376. The Morgan fingerprint density at radius 2 is 1.62 bits per heavy atom. The summed E-state index contributed by atoms with van der Waals surface area (Å²) in [5.74, 6) is 0. The fourth-order valence-electron chi connectivity index (χ4n) is 2.68. The van der Waals surface area contributed by atoms with Crippen LogP contribution in [0.3, 0.4) is 0 Å². The Bertz CT molecular complexity index is 176. The van der Waals surface area contributed by atoms with Gasteiger partial charge in [0.25, 0.3) is 0 Å². The molecule has 1 aliphatic heterocycles. The minimum atomic E-state index is 0.376. The van der Waals surface area contributed by atoms with Gasteiger partial charge in [0, 0.05) is 6.04 Å². The molecule has 0 aromatic carbocycles. The molecule has 1 fully saturated rings. The van der Waals surface area contributed by atoms with Crippen molar-refractivity contribution in [2.45, 2.75) is 58.9 Å². The highest BCUT2D eigenvalue weighted by molar-refractivity contribution is 4.80. The van der Waals surface area contributed by atoms with Crippen LogP contribution in [0.15, 0.2) is 0 Å². The zero-order valence-electron chi connectivity index (χ0n) is 11.7. The van der Waals surface area contributed by atoms with Crippen molar-refractivity contribution in [1.29, 1.82) is 0 Å². The maximum atomic E-state index is 3.47. The molecule has 0 aromatic rings. The Morgan fingerprint density at radius 3 is 2.06 bits per heavy atom. The van der Waals surface area contributed by atoms with E-state index >= 15 is 0 Å². The summed E-state index contributed by atoms with van der Waals surface area (Å²) in [6.07, 6.45) is 6.95. The zero-order valence-corrected chi connectivity index (χ0v) is 11.7. The Hall–Kier alpha value is -0.0800. The van der Waals surface area contributed by atoms with Crippen LogP contribution < -0.4 is 5.32 Å². The standard InChI is InChI=1S/C14H30N2/c1-14(2,3)13(15-4)9-12-16-10-7-5-6-8-11-16/h13,15H,5-12H2,1-4H3. The van der Waals surface area contributed by atoms with Gasteiger partial charge in [-0.25, -0.2) is 0 Å². The van der Waals surface area contributed by atoms with Gasteiger partial charge in [-0.15, -0.1) is 0 Å². The van der Waals surface area contributed by atoms with Crippen LogP contribution in [0.25, 0.3) is 0 Å². The molecule has 1 saturated heterocycles. The number of likely N-dealkylation sites (tertiary alicyclic amines) is 1. The van der Waals surface area contributed by atoms with E-state index in [4.69, 9.17) is 0 Å². The Labute approximate surface area is 102 Å². The molecule has 1 unspecified atom stereocenters. The average molecular weight is 226 g/mol. The van der Waals surface area contributed by atoms with Crippen LogP contribution in [0.4, 0.5) is 0 Å². The molecular formula is C14H30N2. The predicted molar refractivity (Wildman–Crippen MR) is 71.8 cm³/mol. The first-order chi connectivity index (χ1) is 7.54. The summed E-state index contributed by atoms with van der Waals surface area (Å²) in [4.78, 5) is 2.66. The third-order valence-corrected chi connectivity index (χ3v) is 3.83. The largest absolute Gasteiger partial charge is 0.316 e. The molecule has 16 heavy (non-hydrogen) atoms. The lowest BCUT2D eigenvalue weighted by molar-refractivity contribution is 0.214. The van der Waals surface area contributed by atoms with Crippen molar-refractivity contribution in [2.75, 3.05) is 26.7 Å². The second-order valence-electron chi connectivity index (χ2n) is 6.25. The van der Waals surface area contributed by atoms with Crippen LogP contribution in [0.2, 0.25) is 0 Å². The van der Waals surface area contributed by atoms with Crippen molar-refractivity contribution in [3.63, 3.8) is 0 Å².